The maximum Gasteiger partial charge on any atom is 0.173 e. The Balaban J connectivity index is 0.000000235. The van der Waals surface area contributed by atoms with E-state index in [1.54, 1.807) is 35.6 Å². The van der Waals surface area contributed by atoms with Crippen molar-refractivity contribution in [2.45, 2.75) is 20.3 Å². The molecule has 3 aromatic carbocycles. The van der Waals surface area contributed by atoms with Gasteiger partial charge in [-0.15, -0.1) is 11.3 Å². The number of hydrogen-bond acceptors (Lipinski definition) is 4. The molecule has 0 saturated heterocycles. The molecule has 0 radical (unpaired) electrons. The largest absolute Gasteiger partial charge is 0.399 e. The van der Waals surface area contributed by atoms with Crippen molar-refractivity contribution in [3.8, 4) is 11.3 Å². The highest BCUT2D eigenvalue weighted by molar-refractivity contribution is 9.09. The summed E-state index contributed by atoms with van der Waals surface area (Å²) in [5, 5.41) is 4.95. The van der Waals surface area contributed by atoms with Gasteiger partial charge >= 0.3 is 0 Å². The maximum atomic E-state index is 11.0. The van der Waals surface area contributed by atoms with Gasteiger partial charge in [-0.1, -0.05) is 57.3 Å². The third-order valence-corrected chi connectivity index (χ3v) is 6.91. The van der Waals surface area contributed by atoms with E-state index in [0.717, 1.165) is 39.0 Å². The van der Waals surface area contributed by atoms with Crippen LogP contribution < -0.4 is 5.73 Å². The van der Waals surface area contributed by atoms with Gasteiger partial charge in [-0.2, -0.15) is 0 Å². The van der Waals surface area contributed by atoms with Crippen LogP contribution in [0.4, 0.5) is 5.69 Å². The number of rotatable bonds is 5. The van der Waals surface area contributed by atoms with Crippen molar-refractivity contribution >= 4 is 61.9 Å². The molecule has 0 unspecified atom stereocenters. The van der Waals surface area contributed by atoms with Crippen LogP contribution >= 0.6 is 50.5 Å². The van der Waals surface area contributed by atoms with E-state index >= 15 is 0 Å². The summed E-state index contributed by atoms with van der Waals surface area (Å²) in [5.74, 6) is 0.0710. The third kappa shape index (κ3) is 7.15. The average molecular weight is 562 g/mol. The summed E-state index contributed by atoms with van der Waals surface area (Å²) in [6, 6.07) is 18.8. The molecule has 4 rings (SSSR count). The minimum Gasteiger partial charge on any atom is -0.399 e. The standard InChI is InChI=1S/C18H17ClN2S.C8H6BrClO/c1-11-8-16(20)12(2)7-14(11)9-18-21-17(10-22-18)13-3-5-15(19)6-4-13;9-5-8(11)6-1-3-7(10)4-2-6/h3-8,10H,9,20H2,1-2H3;1-4H,5H2. The van der Waals surface area contributed by atoms with Crippen LogP contribution in [0.15, 0.2) is 66.0 Å². The molecule has 4 aromatic rings. The molecule has 0 amide bonds. The Morgan fingerprint density at radius 3 is 2.18 bits per heavy atom. The molecule has 0 saturated carbocycles. The van der Waals surface area contributed by atoms with Gasteiger partial charge in [0, 0.05) is 38.7 Å². The van der Waals surface area contributed by atoms with Crippen LogP contribution in [0.5, 0.6) is 0 Å². The van der Waals surface area contributed by atoms with Gasteiger partial charge in [0.05, 0.1) is 16.0 Å². The Morgan fingerprint density at radius 2 is 1.58 bits per heavy atom. The number of thiazole rings is 1. The molecule has 3 nitrogen and oxygen atoms in total. The van der Waals surface area contributed by atoms with E-state index in [9.17, 15) is 4.79 Å². The summed E-state index contributed by atoms with van der Waals surface area (Å²) >= 11 is 16.3. The second-order valence-electron chi connectivity index (χ2n) is 7.51. The second kappa shape index (κ2) is 11.8. The number of ketones is 1. The molecule has 33 heavy (non-hydrogen) atoms. The molecule has 2 N–H and O–H groups in total. The van der Waals surface area contributed by atoms with Gasteiger partial charge in [0.15, 0.2) is 5.78 Å². The van der Waals surface area contributed by atoms with Gasteiger partial charge < -0.3 is 5.73 Å². The molecular weight excluding hydrogens is 539 g/mol. The number of nitrogen functional groups attached to an aromatic ring is 1. The van der Waals surface area contributed by atoms with Crippen LogP contribution in [-0.4, -0.2) is 16.1 Å². The van der Waals surface area contributed by atoms with Crippen molar-refractivity contribution in [2.75, 3.05) is 11.1 Å². The van der Waals surface area contributed by atoms with Crippen molar-refractivity contribution in [3.05, 3.63) is 103 Å². The number of aromatic nitrogens is 1. The zero-order valence-corrected chi connectivity index (χ0v) is 22.2. The van der Waals surface area contributed by atoms with Gasteiger partial charge in [-0.3, -0.25) is 4.79 Å². The highest BCUT2D eigenvalue weighted by atomic mass is 79.9. The summed E-state index contributed by atoms with van der Waals surface area (Å²) in [6.45, 7) is 4.14. The van der Waals surface area contributed by atoms with Crippen molar-refractivity contribution in [3.63, 3.8) is 0 Å². The predicted octanol–water partition coefficient (Wildman–Crippen LogP) is 8.17. The van der Waals surface area contributed by atoms with Gasteiger partial charge in [0.25, 0.3) is 0 Å². The lowest BCUT2D eigenvalue weighted by atomic mass is 10.0. The molecule has 170 valence electrons. The van der Waals surface area contributed by atoms with Crippen LogP contribution in [-0.2, 0) is 6.42 Å². The Kier molecular flexibility index (Phi) is 9.10. The number of carbonyl (C=O) groups excluding carboxylic acids is 1. The third-order valence-electron chi connectivity index (χ3n) is 5.05. The Bertz CT molecular complexity index is 1240. The Hall–Kier alpha value is -2.18. The lowest BCUT2D eigenvalue weighted by Crippen LogP contribution is -1.98. The van der Waals surface area contributed by atoms with E-state index < -0.39 is 0 Å². The fraction of sp³-hybridized carbons (Fsp3) is 0.154. The van der Waals surface area contributed by atoms with Crippen molar-refractivity contribution in [1.29, 1.82) is 0 Å². The van der Waals surface area contributed by atoms with Gasteiger partial charge in [0.1, 0.15) is 0 Å². The fourth-order valence-corrected chi connectivity index (χ4v) is 4.51. The molecule has 0 atom stereocenters. The van der Waals surface area contributed by atoms with Crippen molar-refractivity contribution in [1.82, 2.24) is 4.98 Å². The minimum absolute atomic E-state index is 0.0710. The average Bonchev–Trinajstić information content (AvgIpc) is 3.27. The van der Waals surface area contributed by atoms with Crippen LogP contribution in [0.1, 0.15) is 32.1 Å². The van der Waals surface area contributed by atoms with Crippen LogP contribution in [0.3, 0.4) is 0 Å². The van der Waals surface area contributed by atoms with Gasteiger partial charge in [-0.25, -0.2) is 4.98 Å². The number of nitrogens with two attached hydrogens (primary N) is 1. The Labute approximate surface area is 216 Å². The number of hydrogen-bond donors (Lipinski definition) is 1. The normalized spacial score (nSPS) is 10.5. The molecule has 0 aliphatic heterocycles. The first-order chi connectivity index (χ1) is 15.8. The molecule has 0 bridgehead atoms. The monoisotopic (exact) mass is 560 g/mol. The van der Waals surface area contributed by atoms with Crippen molar-refractivity contribution < 1.29 is 4.79 Å². The molecule has 0 aliphatic carbocycles. The summed E-state index contributed by atoms with van der Waals surface area (Å²) < 4.78 is 0. The summed E-state index contributed by atoms with van der Waals surface area (Å²) in [5.41, 5.74) is 13.2. The number of carbonyl (C=O) groups is 1. The van der Waals surface area contributed by atoms with E-state index in [4.69, 9.17) is 33.9 Å². The SMILES string of the molecule is Cc1cc(Cc2nc(-c3ccc(Cl)cc3)cs2)c(C)cc1N.O=C(CBr)c1ccc(Cl)cc1. The first-order valence-corrected chi connectivity index (χ1v) is 12.9. The quantitative estimate of drug-likeness (QED) is 0.152. The van der Waals surface area contributed by atoms with E-state index in [0.29, 0.717) is 15.9 Å². The Morgan fingerprint density at radius 1 is 0.970 bits per heavy atom. The number of aryl methyl sites for hydroxylation is 2. The number of alkyl halides is 1. The lowest BCUT2D eigenvalue weighted by Gasteiger charge is -2.08. The summed E-state index contributed by atoms with van der Waals surface area (Å²) in [6.07, 6.45) is 0.839. The second-order valence-corrected chi connectivity index (χ2v) is 9.89. The fourth-order valence-electron chi connectivity index (χ4n) is 3.11. The van der Waals surface area contributed by atoms with E-state index in [1.807, 2.05) is 37.3 Å². The van der Waals surface area contributed by atoms with Crippen molar-refractivity contribution in [2.24, 2.45) is 0 Å². The zero-order valence-electron chi connectivity index (χ0n) is 18.2. The first-order valence-electron chi connectivity index (χ1n) is 10.2. The van der Waals surface area contributed by atoms with E-state index in [-0.39, 0.29) is 5.78 Å². The molecule has 0 spiro atoms. The first kappa shape index (κ1) is 25.4. The van der Waals surface area contributed by atoms with Gasteiger partial charge in [0.2, 0.25) is 0 Å². The smallest absolute Gasteiger partial charge is 0.173 e. The van der Waals surface area contributed by atoms with Crippen LogP contribution in [0, 0.1) is 13.8 Å². The minimum atomic E-state index is 0.0710. The molecule has 1 aromatic heterocycles. The number of anilines is 1. The molecule has 1 heterocycles. The highest BCUT2D eigenvalue weighted by Crippen LogP contribution is 2.26. The topological polar surface area (TPSA) is 56.0 Å². The highest BCUT2D eigenvalue weighted by Gasteiger charge is 2.09. The van der Waals surface area contributed by atoms with Gasteiger partial charge in [-0.05, 0) is 73.0 Å². The zero-order chi connectivity index (χ0) is 24.0. The summed E-state index contributed by atoms with van der Waals surface area (Å²) in [7, 11) is 0. The van der Waals surface area contributed by atoms with E-state index in [1.165, 1.54) is 11.1 Å². The van der Waals surface area contributed by atoms with Crippen LogP contribution in [0.25, 0.3) is 11.3 Å². The maximum absolute atomic E-state index is 11.0. The number of Topliss-reactive ketones (excluding diaryl/α,β-unsaturated/α-hetero) is 1. The lowest BCUT2D eigenvalue weighted by molar-refractivity contribution is 0.102. The molecular formula is C26H23BrCl2N2OS. The predicted molar refractivity (Wildman–Crippen MR) is 145 cm³/mol. The number of halogens is 3. The number of nitrogens with zero attached hydrogens (tertiary/aromatic N) is 1. The summed E-state index contributed by atoms with van der Waals surface area (Å²) in [4.78, 5) is 15.8. The molecule has 0 aliphatic rings. The number of benzene rings is 3. The van der Waals surface area contributed by atoms with Crippen LogP contribution in [0.2, 0.25) is 10.0 Å². The van der Waals surface area contributed by atoms with E-state index in [2.05, 4.69) is 34.3 Å². The molecule has 0 fully saturated rings. The molecule has 7 heteroatoms.